The largest absolute Gasteiger partial charge is 0.380 e. The molecule has 1 aromatic rings. The molecule has 4 nitrogen and oxygen atoms in total. The molecule has 1 heterocycles. The van der Waals surface area contributed by atoms with Crippen LogP contribution < -0.4 is 10.6 Å². The Labute approximate surface area is 125 Å². The molecule has 0 unspecified atom stereocenters. The van der Waals surface area contributed by atoms with E-state index < -0.39 is 0 Å². The highest BCUT2D eigenvalue weighted by molar-refractivity contribution is 5.79. The topological polar surface area (TPSA) is 45.7 Å². The zero-order valence-electron chi connectivity index (χ0n) is 13.0. The molecule has 0 saturated carbocycles. The summed E-state index contributed by atoms with van der Waals surface area (Å²) in [5.74, 6) is 0.610. The Morgan fingerprint density at radius 3 is 2.71 bits per heavy atom. The third-order valence-corrected chi connectivity index (χ3v) is 3.57. The summed E-state index contributed by atoms with van der Waals surface area (Å²) in [4.78, 5) is 4.55. The first-order valence-electron chi connectivity index (χ1n) is 7.37. The zero-order valence-corrected chi connectivity index (χ0v) is 13.0. The predicted molar refractivity (Wildman–Crippen MR) is 82.9 cm³/mol. The van der Waals surface area contributed by atoms with Crippen molar-refractivity contribution >= 4 is 5.96 Å². The minimum absolute atomic E-state index is 0.175. The summed E-state index contributed by atoms with van der Waals surface area (Å²) in [5.41, 5.74) is 1.85. The van der Waals surface area contributed by atoms with E-state index in [1.54, 1.807) is 13.0 Å². The van der Waals surface area contributed by atoms with Gasteiger partial charge in [-0.25, -0.2) is 9.38 Å². The lowest BCUT2D eigenvalue weighted by molar-refractivity contribution is -0.0971. The van der Waals surface area contributed by atoms with Crippen molar-refractivity contribution in [1.29, 1.82) is 0 Å². The van der Waals surface area contributed by atoms with Crippen LogP contribution >= 0.6 is 0 Å². The van der Waals surface area contributed by atoms with Gasteiger partial charge >= 0.3 is 0 Å². The maximum Gasteiger partial charge on any atom is 0.191 e. The molecule has 0 amide bonds. The Morgan fingerprint density at radius 2 is 2.14 bits per heavy atom. The van der Waals surface area contributed by atoms with E-state index in [9.17, 15) is 4.39 Å². The minimum atomic E-state index is -0.175. The fraction of sp³-hybridized carbons (Fsp3) is 0.562. The van der Waals surface area contributed by atoms with E-state index in [4.69, 9.17) is 4.74 Å². The van der Waals surface area contributed by atoms with Crippen molar-refractivity contribution in [1.82, 2.24) is 10.6 Å². The average Bonchev–Trinajstić information content (AvgIpc) is 2.43. The summed E-state index contributed by atoms with van der Waals surface area (Å²) in [7, 11) is 0. The molecular weight excluding hydrogens is 269 g/mol. The molecule has 5 heteroatoms. The van der Waals surface area contributed by atoms with Gasteiger partial charge in [-0.2, -0.15) is 0 Å². The van der Waals surface area contributed by atoms with Gasteiger partial charge in [0.05, 0.1) is 19.8 Å². The van der Waals surface area contributed by atoms with Gasteiger partial charge in [0.2, 0.25) is 0 Å². The van der Waals surface area contributed by atoms with Crippen LogP contribution in [0.15, 0.2) is 23.2 Å². The van der Waals surface area contributed by atoms with E-state index in [1.807, 2.05) is 13.0 Å². The van der Waals surface area contributed by atoms with Crippen LogP contribution in [0.25, 0.3) is 0 Å². The molecule has 0 aromatic heterocycles. The number of halogens is 1. The highest BCUT2D eigenvalue weighted by Gasteiger charge is 2.33. The first kappa shape index (κ1) is 15.8. The number of benzene rings is 1. The number of aliphatic imine (C=N–C) groups is 1. The van der Waals surface area contributed by atoms with Crippen molar-refractivity contribution in [3.05, 3.63) is 35.1 Å². The van der Waals surface area contributed by atoms with Gasteiger partial charge in [-0.3, -0.25) is 0 Å². The second-order valence-corrected chi connectivity index (χ2v) is 5.94. The maximum absolute atomic E-state index is 13.2. The lowest BCUT2D eigenvalue weighted by Gasteiger charge is -2.38. The van der Waals surface area contributed by atoms with Gasteiger partial charge in [-0.1, -0.05) is 19.1 Å². The van der Waals surface area contributed by atoms with Gasteiger partial charge in [-0.15, -0.1) is 0 Å². The first-order chi connectivity index (χ1) is 10.0. The number of hydrogen-bond donors (Lipinski definition) is 2. The van der Waals surface area contributed by atoms with E-state index in [0.717, 1.165) is 37.8 Å². The van der Waals surface area contributed by atoms with Crippen LogP contribution in [0.1, 0.15) is 25.0 Å². The Morgan fingerprint density at radius 1 is 1.38 bits per heavy atom. The number of hydrogen-bond acceptors (Lipinski definition) is 2. The van der Waals surface area contributed by atoms with Crippen LogP contribution in [0.2, 0.25) is 0 Å². The standard InChI is InChI=1S/C16H24FN3O/c1-4-18-15(20-9-16(3)10-21-11-16)19-8-13-5-6-14(17)12(2)7-13/h5-7H,4,8-11H2,1-3H3,(H2,18,19,20). The number of nitrogens with one attached hydrogen (secondary N) is 2. The molecule has 1 saturated heterocycles. The molecule has 2 rings (SSSR count). The molecular formula is C16H24FN3O. The molecule has 0 radical (unpaired) electrons. The Hall–Kier alpha value is -1.62. The quantitative estimate of drug-likeness (QED) is 0.646. The molecule has 2 N–H and O–H groups in total. The highest BCUT2D eigenvalue weighted by atomic mass is 19.1. The maximum atomic E-state index is 13.2. The molecule has 0 bridgehead atoms. The van der Waals surface area contributed by atoms with Crippen molar-refractivity contribution < 1.29 is 9.13 Å². The molecule has 0 spiro atoms. The summed E-state index contributed by atoms with van der Waals surface area (Å²) < 4.78 is 18.5. The molecule has 1 fully saturated rings. The lowest BCUT2D eigenvalue weighted by Crippen LogP contribution is -2.51. The van der Waals surface area contributed by atoms with Gasteiger partial charge in [0.25, 0.3) is 0 Å². The van der Waals surface area contributed by atoms with Crippen molar-refractivity contribution in [2.24, 2.45) is 10.4 Å². The first-order valence-corrected chi connectivity index (χ1v) is 7.37. The summed E-state index contributed by atoms with van der Waals surface area (Å²) in [6.45, 7) is 9.74. The fourth-order valence-corrected chi connectivity index (χ4v) is 2.17. The van der Waals surface area contributed by atoms with E-state index in [-0.39, 0.29) is 11.2 Å². The number of guanidine groups is 1. The van der Waals surface area contributed by atoms with Crippen molar-refractivity contribution in [3.8, 4) is 0 Å². The SMILES string of the molecule is CCNC(=NCc1ccc(F)c(C)c1)NCC1(C)COC1. The Bertz CT molecular complexity index is 512. The van der Waals surface area contributed by atoms with Crippen molar-refractivity contribution in [2.45, 2.75) is 27.3 Å². The fourth-order valence-electron chi connectivity index (χ4n) is 2.17. The van der Waals surface area contributed by atoms with Gasteiger partial charge in [-0.05, 0) is 31.0 Å². The molecule has 21 heavy (non-hydrogen) atoms. The Kier molecular flexibility index (Phi) is 5.17. The normalized spacial score (nSPS) is 17.2. The van der Waals surface area contributed by atoms with Crippen LogP contribution in [-0.4, -0.2) is 32.3 Å². The van der Waals surface area contributed by atoms with E-state index >= 15 is 0 Å². The highest BCUT2D eigenvalue weighted by Crippen LogP contribution is 2.24. The summed E-state index contributed by atoms with van der Waals surface area (Å²) >= 11 is 0. The second-order valence-electron chi connectivity index (χ2n) is 5.94. The molecule has 1 aliphatic heterocycles. The number of aryl methyl sites for hydroxylation is 1. The van der Waals surface area contributed by atoms with Crippen LogP contribution in [-0.2, 0) is 11.3 Å². The molecule has 1 aliphatic rings. The summed E-state index contributed by atoms with van der Waals surface area (Å²) in [6, 6.07) is 5.10. The minimum Gasteiger partial charge on any atom is -0.380 e. The molecule has 0 aliphatic carbocycles. The predicted octanol–water partition coefficient (Wildman–Crippen LogP) is 2.23. The van der Waals surface area contributed by atoms with Crippen LogP contribution in [0.5, 0.6) is 0 Å². The summed E-state index contributed by atoms with van der Waals surface area (Å²) in [5, 5.41) is 6.57. The summed E-state index contributed by atoms with van der Waals surface area (Å²) in [6.07, 6.45) is 0. The molecule has 0 atom stereocenters. The molecule has 116 valence electrons. The van der Waals surface area contributed by atoms with Crippen molar-refractivity contribution in [2.75, 3.05) is 26.3 Å². The monoisotopic (exact) mass is 293 g/mol. The third-order valence-electron chi connectivity index (χ3n) is 3.57. The van der Waals surface area contributed by atoms with Gasteiger partial charge in [0.1, 0.15) is 5.82 Å². The lowest BCUT2D eigenvalue weighted by atomic mass is 9.89. The smallest absolute Gasteiger partial charge is 0.191 e. The van der Waals surface area contributed by atoms with E-state index in [0.29, 0.717) is 12.1 Å². The van der Waals surface area contributed by atoms with Crippen LogP contribution in [0, 0.1) is 18.2 Å². The Balaban J connectivity index is 1.94. The number of nitrogens with zero attached hydrogens (tertiary/aromatic N) is 1. The van der Waals surface area contributed by atoms with Gasteiger partial charge in [0, 0.05) is 18.5 Å². The second kappa shape index (κ2) is 6.89. The van der Waals surface area contributed by atoms with Gasteiger partial charge < -0.3 is 15.4 Å². The third kappa shape index (κ3) is 4.43. The van der Waals surface area contributed by atoms with E-state index in [1.165, 1.54) is 6.07 Å². The number of ether oxygens (including phenoxy) is 1. The van der Waals surface area contributed by atoms with Crippen molar-refractivity contribution in [3.63, 3.8) is 0 Å². The van der Waals surface area contributed by atoms with Crippen LogP contribution in [0.3, 0.4) is 0 Å². The number of rotatable bonds is 5. The van der Waals surface area contributed by atoms with Crippen LogP contribution in [0.4, 0.5) is 4.39 Å². The average molecular weight is 293 g/mol. The zero-order chi connectivity index (χ0) is 15.3. The van der Waals surface area contributed by atoms with Gasteiger partial charge in [0.15, 0.2) is 5.96 Å². The molecule has 1 aromatic carbocycles. The van der Waals surface area contributed by atoms with E-state index in [2.05, 4.69) is 22.5 Å².